The molecular formula is C18H20N2O4. The van der Waals surface area contributed by atoms with E-state index in [-0.39, 0.29) is 11.8 Å². The van der Waals surface area contributed by atoms with Crippen molar-refractivity contribution in [1.82, 2.24) is 10.6 Å². The van der Waals surface area contributed by atoms with Crippen molar-refractivity contribution in [3.63, 3.8) is 0 Å². The Hall–Kier alpha value is -3.02. The fourth-order valence-corrected chi connectivity index (χ4v) is 2.15. The number of benzene rings is 2. The summed E-state index contributed by atoms with van der Waals surface area (Å²) in [4.78, 5) is 24.1. The molecule has 0 aliphatic rings. The monoisotopic (exact) mass is 328 g/mol. The quantitative estimate of drug-likeness (QED) is 0.761. The number of hydrogen-bond acceptors (Lipinski definition) is 4. The van der Waals surface area contributed by atoms with E-state index in [4.69, 9.17) is 9.47 Å². The first kappa shape index (κ1) is 17.3. The summed E-state index contributed by atoms with van der Waals surface area (Å²) in [5.74, 6) is 0.658. The zero-order chi connectivity index (χ0) is 17.4. The lowest BCUT2D eigenvalue weighted by Crippen LogP contribution is -2.34. The smallest absolute Gasteiger partial charge is 0.255 e. The first-order valence-corrected chi connectivity index (χ1v) is 7.49. The van der Waals surface area contributed by atoms with Crippen LogP contribution in [0.1, 0.15) is 20.7 Å². The van der Waals surface area contributed by atoms with Crippen molar-refractivity contribution < 1.29 is 19.1 Å². The number of carbonyl (C=O) groups is 2. The van der Waals surface area contributed by atoms with Gasteiger partial charge in [-0.15, -0.1) is 0 Å². The molecule has 0 saturated carbocycles. The van der Waals surface area contributed by atoms with E-state index in [2.05, 4.69) is 10.6 Å². The van der Waals surface area contributed by atoms with E-state index in [1.165, 1.54) is 7.11 Å². The molecule has 126 valence electrons. The molecule has 0 radical (unpaired) electrons. The summed E-state index contributed by atoms with van der Waals surface area (Å²) in [6, 6.07) is 13.8. The van der Waals surface area contributed by atoms with Crippen molar-refractivity contribution in [3.8, 4) is 11.5 Å². The van der Waals surface area contributed by atoms with Crippen LogP contribution in [0.4, 0.5) is 0 Å². The highest BCUT2D eigenvalue weighted by molar-refractivity contribution is 5.97. The van der Waals surface area contributed by atoms with Gasteiger partial charge in [-0.05, 0) is 30.3 Å². The van der Waals surface area contributed by atoms with Gasteiger partial charge in [0, 0.05) is 18.7 Å². The van der Waals surface area contributed by atoms with Gasteiger partial charge >= 0.3 is 0 Å². The summed E-state index contributed by atoms with van der Waals surface area (Å²) in [5.41, 5.74) is 0.963. The van der Waals surface area contributed by atoms with Crippen LogP contribution < -0.4 is 20.1 Å². The lowest BCUT2D eigenvalue weighted by Gasteiger charge is -2.10. The molecule has 24 heavy (non-hydrogen) atoms. The van der Waals surface area contributed by atoms with Crippen LogP contribution in [0.5, 0.6) is 11.5 Å². The van der Waals surface area contributed by atoms with Crippen LogP contribution >= 0.6 is 0 Å². The van der Waals surface area contributed by atoms with Crippen LogP contribution in [0.2, 0.25) is 0 Å². The second-order valence-corrected chi connectivity index (χ2v) is 4.94. The van der Waals surface area contributed by atoms with Gasteiger partial charge in [0.25, 0.3) is 11.8 Å². The number of para-hydroxylation sites is 1. The molecule has 0 heterocycles. The van der Waals surface area contributed by atoms with E-state index in [1.54, 1.807) is 55.6 Å². The van der Waals surface area contributed by atoms with E-state index < -0.39 is 0 Å². The average molecular weight is 328 g/mol. The number of amides is 2. The largest absolute Gasteiger partial charge is 0.497 e. The van der Waals surface area contributed by atoms with Crippen molar-refractivity contribution in [2.75, 3.05) is 27.3 Å². The molecule has 6 nitrogen and oxygen atoms in total. The summed E-state index contributed by atoms with van der Waals surface area (Å²) in [7, 11) is 3.06. The van der Waals surface area contributed by atoms with Crippen LogP contribution in [-0.4, -0.2) is 39.1 Å². The molecule has 2 aromatic carbocycles. The minimum absolute atomic E-state index is 0.222. The van der Waals surface area contributed by atoms with Gasteiger partial charge < -0.3 is 20.1 Å². The number of carbonyl (C=O) groups excluding carboxylic acids is 2. The van der Waals surface area contributed by atoms with Crippen molar-refractivity contribution in [2.45, 2.75) is 0 Å². The van der Waals surface area contributed by atoms with E-state index >= 15 is 0 Å². The third kappa shape index (κ3) is 4.49. The molecule has 0 spiro atoms. The molecule has 0 bridgehead atoms. The third-order valence-corrected chi connectivity index (χ3v) is 3.38. The highest BCUT2D eigenvalue weighted by Gasteiger charge is 2.11. The minimum atomic E-state index is -0.247. The molecule has 6 heteroatoms. The summed E-state index contributed by atoms with van der Waals surface area (Å²) in [6.07, 6.45) is 0. The van der Waals surface area contributed by atoms with E-state index in [9.17, 15) is 9.59 Å². The molecule has 0 aromatic heterocycles. The van der Waals surface area contributed by atoms with Crippen LogP contribution in [-0.2, 0) is 0 Å². The lowest BCUT2D eigenvalue weighted by molar-refractivity contribution is 0.0926. The predicted octanol–water partition coefficient (Wildman–Crippen LogP) is 1.86. The second kappa shape index (κ2) is 8.57. The fourth-order valence-electron chi connectivity index (χ4n) is 2.15. The Morgan fingerprint density at radius 1 is 0.875 bits per heavy atom. The van der Waals surface area contributed by atoms with Gasteiger partial charge in [0.05, 0.1) is 19.8 Å². The van der Waals surface area contributed by atoms with Gasteiger partial charge in [0.1, 0.15) is 11.5 Å². The maximum absolute atomic E-state index is 12.1. The maximum atomic E-state index is 12.1. The summed E-state index contributed by atoms with van der Waals surface area (Å²) >= 11 is 0. The Bertz CT molecular complexity index is 716. The predicted molar refractivity (Wildman–Crippen MR) is 90.7 cm³/mol. The average Bonchev–Trinajstić information content (AvgIpc) is 2.64. The zero-order valence-electron chi connectivity index (χ0n) is 13.7. The lowest BCUT2D eigenvalue weighted by atomic mass is 10.2. The highest BCUT2D eigenvalue weighted by Crippen LogP contribution is 2.16. The highest BCUT2D eigenvalue weighted by atomic mass is 16.5. The first-order valence-electron chi connectivity index (χ1n) is 7.49. The van der Waals surface area contributed by atoms with Crippen LogP contribution in [0.15, 0.2) is 48.5 Å². The Balaban J connectivity index is 1.82. The van der Waals surface area contributed by atoms with Crippen molar-refractivity contribution >= 4 is 11.8 Å². The van der Waals surface area contributed by atoms with E-state index in [1.807, 2.05) is 0 Å². The summed E-state index contributed by atoms with van der Waals surface area (Å²) < 4.78 is 10.2. The molecule has 0 aliphatic heterocycles. The van der Waals surface area contributed by atoms with Gasteiger partial charge in [-0.25, -0.2) is 0 Å². The topological polar surface area (TPSA) is 76.7 Å². The Kier molecular flexibility index (Phi) is 6.19. The van der Waals surface area contributed by atoms with Crippen LogP contribution in [0.3, 0.4) is 0 Å². The van der Waals surface area contributed by atoms with Gasteiger partial charge in [-0.3, -0.25) is 9.59 Å². The molecule has 0 unspecified atom stereocenters. The van der Waals surface area contributed by atoms with Crippen LogP contribution in [0, 0.1) is 0 Å². The normalized spacial score (nSPS) is 9.92. The minimum Gasteiger partial charge on any atom is -0.497 e. The number of nitrogens with one attached hydrogen (secondary N) is 2. The van der Waals surface area contributed by atoms with Gasteiger partial charge in [0.2, 0.25) is 0 Å². The first-order chi connectivity index (χ1) is 11.7. The molecule has 2 amide bonds. The SMILES string of the molecule is COc1cccc(C(=O)NCCNC(=O)c2ccccc2OC)c1. The fraction of sp³-hybridized carbons (Fsp3) is 0.222. The molecule has 0 atom stereocenters. The molecule has 2 aromatic rings. The summed E-state index contributed by atoms with van der Waals surface area (Å²) in [5, 5.41) is 5.49. The second-order valence-electron chi connectivity index (χ2n) is 4.94. The van der Waals surface area contributed by atoms with Crippen LogP contribution in [0.25, 0.3) is 0 Å². The zero-order valence-corrected chi connectivity index (χ0v) is 13.7. The molecule has 0 aliphatic carbocycles. The Labute approximate surface area is 140 Å². The van der Waals surface area contributed by atoms with Crippen molar-refractivity contribution in [1.29, 1.82) is 0 Å². The molecule has 0 saturated heterocycles. The third-order valence-electron chi connectivity index (χ3n) is 3.38. The number of ether oxygens (including phenoxy) is 2. The number of rotatable bonds is 7. The Morgan fingerprint density at radius 3 is 2.29 bits per heavy atom. The molecule has 2 N–H and O–H groups in total. The molecular weight excluding hydrogens is 308 g/mol. The van der Waals surface area contributed by atoms with E-state index in [0.717, 1.165) is 0 Å². The number of methoxy groups -OCH3 is 2. The van der Waals surface area contributed by atoms with E-state index in [0.29, 0.717) is 35.7 Å². The van der Waals surface area contributed by atoms with Gasteiger partial charge in [0.15, 0.2) is 0 Å². The summed E-state index contributed by atoms with van der Waals surface area (Å²) in [6.45, 7) is 0.628. The molecule has 0 fully saturated rings. The van der Waals surface area contributed by atoms with Gasteiger partial charge in [-0.1, -0.05) is 18.2 Å². The van der Waals surface area contributed by atoms with Crippen molar-refractivity contribution in [2.24, 2.45) is 0 Å². The standard InChI is InChI=1S/C18H20N2O4/c1-23-14-7-5-6-13(12-14)17(21)19-10-11-20-18(22)15-8-3-4-9-16(15)24-2/h3-9,12H,10-11H2,1-2H3,(H,19,21)(H,20,22). The van der Waals surface area contributed by atoms with Crippen molar-refractivity contribution in [3.05, 3.63) is 59.7 Å². The molecule has 2 rings (SSSR count). The Morgan fingerprint density at radius 2 is 1.58 bits per heavy atom. The maximum Gasteiger partial charge on any atom is 0.255 e. The van der Waals surface area contributed by atoms with Gasteiger partial charge in [-0.2, -0.15) is 0 Å². The number of hydrogen-bond donors (Lipinski definition) is 2.